The molecule has 1 amide bonds. The van der Waals surface area contributed by atoms with Crippen LogP contribution in [-0.4, -0.2) is 20.6 Å². The fourth-order valence-electron chi connectivity index (χ4n) is 3.07. The summed E-state index contributed by atoms with van der Waals surface area (Å²) in [4.78, 5) is 12.5. The van der Waals surface area contributed by atoms with Crippen molar-refractivity contribution in [3.63, 3.8) is 0 Å². The zero-order chi connectivity index (χ0) is 23.5. The molecule has 0 saturated carbocycles. The van der Waals surface area contributed by atoms with E-state index in [1.54, 1.807) is 0 Å². The highest BCUT2D eigenvalue weighted by Gasteiger charge is 2.33. The smallest absolute Gasteiger partial charge is 0.321 e. The summed E-state index contributed by atoms with van der Waals surface area (Å²) in [6.07, 6.45) is -3.53. The van der Waals surface area contributed by atoms with Gasteiger partial charge < -0.3 is 5.32 Å². The third kappa shape index (κ3) is 5.67. The second-order valence-electron chi connectivity index (χ2n) is 7.30. The van der Waals surface area contributed by atoms with Crippen molar-refractivity contribution in [2.24, 2.45) is 0 Å². The number of amides is 1. The minimum atomic E-state index is -4.61. The fraction of sp³-hybridized carbons (Fsp3) is 0.174. The van der Waals surface area contributed by atoms with E-state index in [0.717, 1.165) is 23.4 Å². The number of carbonyl (C=O) groups is 1. The number of sulfonamides is 1. The molecular weight excluding hydrogens is 441 g/mol. The third-order valence-corrected chi connectivity index (χ3v) is 5.89. The SMILES string of the molecule is Cc1ccc(CN(c2ccc(C(=O)Nc3ccccc3C(F)(F)F)cc2)S(C)(=O)=O)cc1. The van der Waals surface area contributed by atoms with Crippen LogP contribution in [0.5, 0.6) is 0 Å². The molecule has 0 unspecified atom stereocenters. The van der Waals surface area contributed by atoms with E-state index in [-0.39, 0.29) is 17.8 Å². The first-order chi connectivity index (χ1) is 14.9. The van der Waals surface area contributed by atoms with Crippen molar-refractivity contribution >= 4 is 27.3 Å². The molecule has 0 aliphatic carbocycles. The first-order valence-corrected chi connectivity index (χ1v) is 11.4. The highest BCUT2D eigenvalue weighted by atomic mass is 32.2. The quantitative estimate of drug-likeness (QED) is 0.545. The maximum atomic E-state index is 13.1. The van der Waals surface area contributed by atoms with Gasteiger partial charge in [0.05, 0.1) is 29.7 Å². The van der Waals surface area contributed by atoms with Gasteiger partial charge >= 0.3 is 6.18 Å². The van der Waals surface area contributed by atoms with Crippen LogP contribution >= 0.6 is 0 Å². The van der Waals surface area contributed by atoms with Gasteiger partial charge in [0, 0.05) is 5.56 Å². The lowest BCUT2D eigenvalue weighted by molar-refractivity contribution is -0.136. The highest BCUT2D eigenvalue weighted by molar-refractivity contribution is 7.92. The first kappa shape index (κ1) is 23.3. The largest absolute Gasteiger partial charge is 0.418 e. The standard InChI is InChI=1S/C23H21F3N2O3S/c1-16-7-9-17(10-8-16)15-28(32(2,30)31)19-13-11-18(12-14-19)22(29)27-21-6-4-3-5-20(21)23(24,25)26/h3-14H,15H2,1-2H3,(H,27,29). The first-order valence-electron chi connectivity index (χ1n) is 9.56. The molecule has 3 aromatic carbocycles. The van der Waals surface area contributed by atoms with E-state index in [1.807, 2.05) is 31.2 Å². The molecule has 0 aliphatic heterocycles. The molecule has 0 aliphatic rings. The summed E-state index contributed by atoms with van der Waals surface area (Å²) < 4.78 is 65.3. The van der Waals surface area contributed by atoms with Gasteiger partial charge in [0.15, 0.2) is 0 Å². The molecule has 0 bridgehead atoms. The van der Waals surface area contributed by atoms with Gasteiger partial charge in [-0.25, -0.2) is 8.42 Å². The van der Waals surface area contributed by atoms with Gasteiger partial charge in [-0.1, -0.05) is 42.0 Å². The van der Waals surface area contributed by atoms with E-state index in [2.05, 4.69) is 5.32 Å². The molecule has 0 saturated heterocycles. The van der Waals surface area contributed by atoms with Crippen molar-refractivity contribution in [2.45, 2.75) is 19.6 Å². The molecule has 3 rings (SSSR count). The average molecular weight is 462 g/mol. The molecule has 3 aromatic rings. The molecule has 0 fully saturated rings. The number of aryl methyl sites for hydroxylation is 1. The number of benzene rings is 3. The summed E-state index contributed by atoms with van der Waals surface area (Å²) >= 11 is 0. The maximum absolute atomic E-state index is 13.1. The van der Waals surface area contributed by atoms with Crippen LogP contribution in [0, 0.1) is 6.92 Å². The van der Waals surface area contributed by atoms with E-state index in [1.165, 1.54) is 46.8 Å². The molecule has 0 aromatic heterocycles. The summed E-state index contributed by atoms with van der Waals surface area (Å²) in [7, 11) is -3.62. The number of nitrogens with one attached hydrogen (secondary N) is 1. The predicted molar refractivity (Wildman–Crippen MR) is 118 cm³/mol. The lowest BCUT2D eigenvalue weighted by Crippen LogP contribution is -2.29. The Kier molecular flexibility index (Phi) is 6.59. The molecule has 1 N–H and O–H groups in total. The zero-order valence-corrected chi connectivity index (χ0v) is 18.2. The van der Waals surface area contributed by atoms with Crippen molar-refractivity contribution < 1.29 is 26.4 Å². The minimum Gasteiger partial charge on any atom is -0.321 e. The normalized spacial score (nSPS) is 11.8. The van der Waals surface area contributed by atoms with E-state index in [9.17, 15) is 26.4 Å². The highest BCUT2D eigenvalue weighted by Crippen LogP contribution is 2.34. The summed E-state index contributed by atoms with van der Waals surface area (Å²) in [6.45, 7) is 2.03. The number of anilines is 2. The van der Waals surface area contributed by atoms with Gasteiger partial charge in [-0.2, -0.15) is 13.2 Å². The van der Waals surface area contributed by atoms with Gasteiger partial charge in [-0.3, -0.25) is 9.10 Å². The monoisotopic (exact) mass is 462 g/mol. The van der Waals surface area contributed by atoms with Gasteiger partial charge in [0.1, 0.15) is 0 Å². The van der Waals surface area contributed by atoms with Crippen LogP contribution in [0.25, 0.3) is 0 Å². The van der Waals surface area contributed by atoms with Crippen molar-refractivity contribution in [2.75, 3.05) is 15.9 Å². The Morgan fingerprint density at radius 3 is 2.09 bits per heavy atom. The summed E-state index contributed by atoms with van der Waals surface area (Å²) in [5.41, 5.74) is 0.945. The molecule has 0 spiro atoms. The maximum Gasteiger partial charge on any atom is 0.418 e. The molecule has 9 heteroatoms. The molecule has 0 radical (unpaired) electrons. The van der Waals surface area contributed by atoms with Crippen LogP contribution < -0.4 is 9.62 Å². The Balaban J connectivity index is 1.82. The number of hydrogen-bond acceptors (Lipinski definition) is 3. The second kappa shape index (κ2) is 9.04. The summed E-state index contributed by atoms with van der Waals surface area (Å²) in [5, 5.41) is 2.27. The lowest BCUT2D eigenvalue weighted by atomic mass is 10.1. The molecular formula is C23H21F3N2O3S. The van der Waals surface area contributed by atoms with Gasteiger partial charge in [0.25, 0.3) is 5.91 Å². The van der Waals surface area contributed by atoms with E-state index < -0.39 is 27.7 Å². The summed E-state index contributed by atoms with van der Waals surface area (Å²) in [5.74, 6) is -0.738. The van der Waals surface area contributed by atoms with E-state index in [4.69, 9.17) is 0 Å². The lowest BCUT2D eigenvalue weighted by Gasteiger charge is -2.23. The summed E-state index contributed by atoms with van der Waals surface area (Å²) in [6, 6.07) is 17.7. The minimum absolute atomic E-state index is 0.0921. The van der Waals surface area contributed by atoms with Crippen LogP contribution in [0.2, 0.25) is 0 Å². The number of hydrogen-bond donors (Lipinski definition) is 1. The van der Waals surface area contributed by atoms with E-state index in [0.29, 0.717) is 5.69 Å². The number of nitrogens with zero attached hydrogens (tertiary/aromatic N) is 1. The van der Waals surface area contributed by atoms with Gasteiger partial charge in [-0.05, 0) is 48.9 Å². The molecule has 5 nitrogen and oxygen atoms in total. The van der Waals surface area contributed by atoms with Crippen LogP contribution in [0.15, 0.2) is 72.8 Å². The zero-order valence-electron chi connectivity index (χ0n) is 17.3. The number of carbonyl (C=O) groups excluding carboxylic acids is 1. The topological polar surface area (TPSA) is 66.5 Å². The van der Waals surface area contributed by atoms with Crippen LogP contribution in [0.1, 0.15) is 27.0 Å². The Labute approximate surface area is 184 Å². The number of para-hydroxylation sites is 1. The van der Waals surface area contributed by atoms with Crippen LogP contribution in [0.3, 0.4) is 0 Å². The second-order valence-corrected chi connectivity index (χ2v) is 9.21. The Morgan fingerprint density at radius 1 is 0.938 bits per heavy atom. The Bertz CT molecular complexity index is 1210. The Morgan fingerprint density at radius 2 is 1.53 bits per heavy atom. The van der Waals surface area contributed by atoms with Crippen molar-refractivity contribution in [3.05, 3.63) is 95.1 Å². The average Bonchev–Trinajstić information content (AvgIpc) is 2.72. The van der Waals surface area contributed by atoms with Gasteiger partial charge in [-0.15, -0.1) is 0 Å². The molecule has 168 valence electrons. The van der Waals surface area contributed by atoms with Crippen LogP contribution in [-0.2, 0) is 22.7 Å². The number of halogens is 3. The van der Waals surface area contributed by atoms with Gasteiger partial charge in [0.2, 0.25) is 10.0 Å². The third-order valence-electron chi connectivity index (χ3n) is 4.75. The van der Waals surface area contributed by atoms with Crippen LogP contribution in [0.4, 0.5) is 24.5 Å². The fourth-order valence-corrected chi connectivity index (χ4v) is 3.96. The Hall–Kier alpha value is -3.33. The molecule has 0 atom stereocenters. The molecule has 32 heavy (non-hydrogen) atoms. The van der Waals surface area contributed by atoms with Crippen molar-refractivity contribution in [3.8, 4) is 0 Å². The van der Waals surface area contributed by atoms with Crippen molar-refractivity contribution in [1.29, 1.82) is 0 Å². The molecule has 0 heterocycles. The predicted octanol–water partition coefficient (Wildman–Crippen LogP) is 5.23. The van der Waals surface area contributed by atoms with E-state index >= 15 is 0 Å². The number of rotatable bonds is 6. The number of alkyl halides is 3. The van der Waals surface area contributed by atoms with Crippen molar-refractivity contribution in [1.82, 2.24) is 0 Å².